The number of carbonyl (C=O) groups is 1. The van der Waals surface area contributed by atoms with E-state index in [4.69, 9.17) is 5.73 Å². The van der Waals surface area contributed by atoms with E-state index in [-0.39, 0.29) is 11.3 Å². The number of amides is 1. The second-order valence-corrected chi connectivity index (χ2v) is 5.98. The minimum atomic E-state index is 0.0734. The van der Waals surface area contributed by atoms with Crippen LogP contribution in [0.3, 0.4) is 0 Å². The highest BCUT2D eigenvalue weighted by molar-refractivity contribution is 5.94. The summed E-state index contributed by atoms with van der Waals surface area (Å²) in [7, 11) is 1.86. The quantitative estimate of drug-likeness (QED) is 0.905. The zero-order valence-corrected chi connectivity index (χ0v) is 12.2. The Hall–Kier alpha value is -1.35. The Morgan fingerprint density at radius 3 is 2.53 bits per heavy atom. The van der Waals surface area contributed by atoms with Gasteiger partial charge >= 0.3 is 0 Å². The zero-order valence-electron chi connectivity index (χ0n) is 12.2. The lowest BCUT2D eigenvalue weighted by molar-refractivity contribution is -0.121. The summed E-state index contributed by atoms with van der Waals surface area (Å²) in [6.45, 7) is 4.74. The Morgan fingerprint density at radius 2 is 2.05 bits per heavy atom. The molecule has 1 amide bonds. The van der Waals surface area contributed by atoms with Crippen LogP contribution in [0.1, 0.15) is 36.8 Å². The second kappa shape index (κ2) is 5.33. The third kappa shape index (κ3) is 2.81. The van der Waals surface area contributed by atoms with Crippen LogP contribution in [-0.4, -0.2) is 19.5 Å². The summed E-state index contributed by atoms with van der Waals surface area (Å²) in [6, 6.07) is 6.19. The van der Waals surface area contributed by atoms with Gasteiger partial charge in [0.15, 0.2) is 0 Å². The molecule has 0 heterocycles. The van der Waals surface area contributed by atoms with Gasteiger partial charge in [0.05, 0.1) is 0 Å². The lowest BCUT2D eigenvalue weighted by Gasteiger charge is -2.41. The van der Waals surface area contributed by atoms with Crippen LogP contribution in [0.25, 0.3) is 0 Å². The fourth-order valence-corrected chi connectivity index (χ4v) is 2.89. The van der Waals surface area contributed by atoms with Gasteiger partial charge in [0.1, 0.15) is 0 Å². The second-order valence-electron chi connectivity index (χ2n) is 5.98. The van der Waals surface area contributed by atoms with Gasteiger partial charge in [-0.05, 0) is 50.3 Å². The van der Waals surface area contributed by atoms with Gasteiger partial charge in [-0.2, -0.15) is 0 Å². The van der Waals surface area contributed by atoms with E-state index in [9.17, 15) is 4.79 Å². The molecular formula is C16H24N2O. The average molecular weight is 260 g/mol. The standard InChI is InChI=1S/C16H24N2O/c1-12-5-6-14(13(2)9-12)18(3)15(19)10-16(11-17)7-4-8-16/h5-6,9H,4,7-8,10-11,17H2,1-3H3. The molecule has 1 saturated carbocycles. The number of nitrogens with two attached hydrogens (primary N) is 1. The van der Waals surface area contributed by atoms with Crippen molar-refractivity contribution in [2.24, 2.45) is 11.1 Å². The van der Waals surface area contributed by atoms with E-state index in [0.29, 0.717) is 13.0 Å². The maximum Gasteiger partial charge on any atom is 0.227 e. The van der Waals surface area contributed by atoms with Crippen LogP contribution in [0.15, 0.2) is 18.2 Å². The lowest BCUT2D eigenvalue weighted by Crippen LogP contribution is -2.42. The van der Waals surface area contributed by atoms with Crippen molar-refractivity contribution in [2.75, 3.05) is 18.5 Å². The molecule has 2 rings (SSSR count). The molecule has 19 heavy (non-hydrogen) atoms. The number of nitrogens with zero attached hydrogens (tertiary/aromatic N) is 1. The number of anilines is 1. The minimum absolute atomic E-state index is 0.0734. The van der Waals surface area contributed by atoms with Crippen LogP contribution in [0.2, 0.25) is 0 Å². The van der Waals surface area contributed by atoms with Gasteiger partial charge in [-0.3, -0.25) is 4.79 Å². The maximum absolute atomic E-state index is 12.4. The van der Waals surface area contributed by atoms with Gasteiger partial charge in [0, 0.05) is 19.2 Å². The normalized spacial score (nSPS) is 16.8. The molecule has 1 fully saturated rings. The molecule has 1 aliphatic rings. The maximum atomic E-state index is 12.4. The topological polar surface area (TPSA) is 46.3 Å². The number of aryl methyl sites for hydroxylation is 2. The predicted molar refractivity (Wildman–Crippen MR) is 79.3 cm³/mol. The Bertz CT molecular complexity index is 472. The molecule has 1 aromatic carbocycles. The molecule has 0 saturated heterocycles. The first kappa shape index (κ1) is 14.1. The molecular weight excluding hydrogens is 236 g/mol. The molecule has 104 valence electrons. The summed E-state index contributed by atoms with van der Waals surface area (Å²) >= 11 is 0. The van der Waals surface area contributed by atoms with E-state index in [2.05, 4.69) is 13.0 Å². The van der Waals surface area contributed by atoms with E-state index in [1.807, 2.05) is 26.1 Å². The van der Waals surface area contributed by atoms with E-state index >= 15 is 0 Å². The van der Waals surface area contributed by atoms with Crippen molar-refractivity contribution in [3.63, 3.8) is 0 Å². The van der Waals surface area contributed by atoms with Crippen LogP contribution in [0, 0.1) is 19.3 Å². The van der Waals surface area contributed by atoms with Gasteiger partial charge in [-0.15, -0.1) is 0 Å². The van der Waals surface area contributed by atoms with Gasteiger partial charge in [-0.1, -0.05) is 24.1 Å². The fourth-order valence-electron chi connectivity index (χ4n) is 2.89. The monoisotopic (exact) mass is 260 g/mol. The smallest absolute Gasteiger partial charge is 0.227 e. The molecule has 1 aliphatic carbocycles. The first-order valence-electron chi connectivity index (χ1n) is 7.01. The van der Waals surface area contributed by atoms with Crippen LogP contribution in [0.4, 0.5) is 5.69 Å². The van der Waals surface area contributed by atoms with Gasteiger partial charge in [0.25, 0.3) is 0 Å². The minimum Gasteiger partial charge on any atom is -0.330 e. The number of hydrogen-bond donors (Lipinski definition) is 1. The molecule has 0 radical (unpaired) electrons. The first-order valence-corrected chi connectivity index (χ1v) is 7.01. The average Bonchev–Trinajstić information content (AvgIpc) is 2.33. The molecule has 0 aromatic heterocycles. The SMILES string of the molecule is Cc1ccc(N(C)C(=O)CC2(CN)CCC2)c(C)c1. The summed E-state index contributed by atoms with van der Waals surface area (Å²) in [4.78, 5) is 14.2. The Labute approximate surface area is 115 Å². The highest BCUT2D eigenvalue weighted by Gasteiger charge is 2.38. The molecule has 0 atom stereocenters. The van der Waals surface area contributed by atoms with Crippen molar-refractivity contribution < 1.29 is 4.79 Å². The van der Waals surface area contributed by atoms with E-state index in [1.165, 1.54) is 12.0 Å². The molecule has 0 aliphatic heterocycles. The fraction of sp³-hybridized carbons (Fsp3) is 0.562. The number of hydrogen-bond acceptors (Lipinski definition) is 2. The lowest BCUT2D eigenvalue weighted by atomic mass is 9.66. The van der Waals surface area contributed by atoms with Crippen molar-refractivity contribution in [1.29, 1.82) is 0 Å². The summed E-state index contributed by atoms with van der Waals surface area (Å²) in [5, 5.41) is 0. The molecule has 3 nitrogen and oxygen atoms in total. The Balaban J connectivity index is 2.10. The highest BCUT2D eigenvalue weighted by atomic mass is 16.2. The van der Waals surface area contributed by atoms with Crippen LogP contribution >= 0.6 is 0 Å². The van der Waals surface area contributed by atoms with Gasteiger partial charge in [0.2, 0.25) is 5.91 Å². The largest absolute Gasteiger partial charge is 0.330 e. The highest BCUT2D eigenvalue weighted by Crippen LogP contribution is 2.43. The molecule has 1 aromatic rings. The summed E-state index contributed by atoms with van der Waals surface area (Å²) in [5.74, 6) is 0.178. The van der Waals surface area contributed by atoms with Crippen LogP contribution in [-0.2, 0) is 4.79 Å². The first-order chi connectivity index (χ1) is 8.97. The van der Waals surface area contributed by atoms with E-state index in [1.54, 1.807) is 4.90 Å². The van der Waals surface area contributed by atoms with E-state index < -0.39 is 0 Å². The van der Waals surface area contributed by atoms with Crippen LogP contribution < -0.4 is 10.6 Å². The third-order valence-electron chi connectivity index (χ3n) is 4.46. The van der Waals surface area contributed by atoms with Crippen molar-refractivity contribution >= 4 is 11.6 Å². The van der Waals surface area contributed by atoms with Gasteiger partial charge in [-0.25, -0.2) is 0 Å². The van der Waals surface area contributed by atoms with Gasteiger partial charge < -0.3 is 10.6 Å². The zero-order chi connectivity index (χ0) is 14.0. The Morgan fingerprint density at radius 1 is 1.37 bits per heavy atom. The summed E-state index contributed by atoms with van der Waals surface area (Å²) < 4.78 is 0. The number of rotatable bonds is 4. The van der Waals surface area contributed by atoms with E-state index in [0.717, 1.165) is 24.1 Å². The van der Waals surface area contributed by atoms with Crippen molar-refractivity contribution in [3.05, 3.63) is 29.3 Å². The summed E-state index contributed by atoms with van der Waals surface area (Å²) in [5.41, 5.74) is 9.28. The molecule has 2 N–H and O–H groups in total. The number of carbonyl (C=O) groups excluding carboxylic acids is 1. The molecule has 0 spiro atoms. The predicted octanol–water partition coefficient (Wildman–Crippen LogP) is 2.79. The van der Waals surface area contributed by atoms with Crippen LogP contribution in [0.5, 0.6) is 0 Å². The summed E-state index contributed by atoms with van der Waals surface area (Å²) in [6.07, 6.45) is 3.97. The third-order valence-corrected chi connectivity index (χ3v) is 4.46. The molecule has 0 unspecified atom stereocenters. The number of benzene rings is 1. The van der Waals surface area contributed by atoms with Crippen molar-refractivity contribution in [1.82, 2.24) is 0 Å². The Kier molecular flexibility index (Phi) is 3.95. The molecule has 0 bridgehead atoms. The van der Waals surface area contributed by atoms with Crippen molar-refractivity contribution in [3.8, 4) is 0 Å². The van der Waals surface area contributed by atoms with Crippen molar-refractivity contribution in [2.45, 2.75) is 39.5 Å². The molecule has 3 heteroatoms.